The van der Waals surface area contributed by atoms with Gasteiger partial charge in [-0.05, 0) is 51.0 Å². The van der Waals surface area contributed by atoms with Crippen LogP contribution in [0.1, 0.15) is 38.8 Å². The number of fused-ring (bicyclic) bond motifs is 1. The molecule has 0 atom stereocenters. The molecule has 0 bridgehead atoms. The summed E-state index contributed by atoms with van der Waals surface area (Å²) in [6.07, 6.45) is -0.483. The van der Waals surface area contributed by atoms with Crippen LogP contribution in [-0.2, 0) is 17.8 Å². The molecule has 2 aromatic carbocycles. The normalized spacial score (nSPS) is 13.0. The first kappa shape index (κ1) is 21.9. The lowest BCUT2D eigenvalue weighted by Gasteiger charge is -2.28. The van der Waals surface area contributed by atoms with E-state index in [0.717, 1.165) is 11.1 Å². The van der Waals surface area contributed by atoms with E-state index in [1.165, 1.54) is 12.1 Å². The van der Waals surface area contributed by atoms with Gasteiger partial charge in [0.05, 0.1) is 10.6 Å². The molecule has 0 spiro atoms. The van der Waals surface area contributed by atoms with Gasteiger partial charge in [0.1, 0.15) is 17.2 Å². The Kier molecular flexibility index (Phi) is 6.05. The summed E-state index contributed by atoms with van der Waals surface area (Å²) >= 11 is 0. The second-order valence-electron chi connectivity index (χ2n) is 8.29. The second kappa shape index (κ2) is 8.55. The van der Waals surface area contributed by atoms with Crippen LogP contribution < -0.4 is 15.8 Å². The molecule has 0 radical (unpaired) electrons. The lowest BCUT2D eigenvalue weighted by Crippen LogP contribution is -2.36. The number of hydrogen-bond donors (Lipinski definition) is 2. The number of ether oxygens (including phenoxy) is 2. The molecule has 1 aliphatic rings. The maximum absolute atomic E-state index is 12.9. The van der Waals surface area contributed by atoms with Crippen LogP contribution in [0.5, 0.6) is 5.75 Å². The van der Waals surface area contributed by atoms with Gasteiger partial charge in [0.2, 0.25) is 0 Å². The quantitative estimate of drug-likeness (QED) is 0.534. The van der Waals surface area contributed by atoms with Crippen LogP contribution in [0.2, 0.25) is 0 Å². The van der Waals surface area contributed by atoms with Crippen LogP contribution in [0.4, 0.5) is 16.2 Å². The number of benzene rings is 2. The Bertz CT molecular complexity index is 1030. The first-order valence-corrected chi connectivity index (χ1v) is 9.77. The third-order valence-corrected chi connectivity index (χ3v) is 4.50. The SMILES string of the molecule is CC1=C(N)Nc2cc(CN(Cc3ccc([N+](=O)[O-])cc3)C(=O)OC(C)(C)C)ccc2O1. The Morgan fingerprint density at radius 1 is 1.16 bits per heavy atom. The third kappa shape index (κ3) is 5.65. The fraction of sp³-hybridized carbons (Fsp3) is 0.318. The molecule has 0 unspecified atom stereocenters. The van der Waals surface area contributed by atoms with Crippen molar-refractivity contribution in [3.8, 4) is 5.75 Å². The highest BCUT2D eigenvalue weighted by atomic mass is 16.6. The Morgan fingerprint density at radius 2 is 1.77 bits per heavy atom. The van der Waals surface area contributed by atoms with Gasteiger partial charge in [-0.15, -0.1) is 0 Å². The summed E-state index contributed by atoms with van der Waals surface area (Å²) in [5, 5.41) is 14.0. The minimum atomic E-state index is -0.660. The Balaban J connectivity index is 1.83. The van der Waals surface area contributed by atoms with Crippen LogP contribution >= 0.6 is 0 Å². The molecule has 3 N–H and O–H groups in total. The van der Waals surface area contributed by atoms with E-state index in [1.807, 2.05) is 18.2 Å². The zero-order valence-corrected chi connectivity index (χ0v) is 18.0. The summed E-state index contributed by atoms with van der Waals surface area (Å²) in [5.41, 5.74) is 7.54. The monoisotopic (exact) mass is 426 g/mol. The van der Waals surface area contributed by atoms with Gasteiger partial charge in [0.15, 0.2) is 5.75 Å². The molecule has 2 aromatic rings. The average Bonchev–Trinajstić information content (AvgIpc) is 2.67. The standard InChI is InChI=1S/C22H26N4O5/c1-14-20(23)24-18-11-16(7-10-19(18)30-14)13-25(21(27)31-22(2,3)4)12-15-5-8-17(9-6-15)26(28)29/h5-11,24H,12-13,23H2,1-4H3. The van der Waals surface area contributed by atoms with E-state index in [0.29, 0.717) is 23.0 Å². The van der Waals surface area contributed by atoms with Gasteiger partial charge in [-0.1, -0.05) is 18.2 Å². The molecule has 0 saturated heterocycles. The van der Waals surface area contributed by atoms with Gasteiger partial charge >= 0.3 is 6.09 Å². The summed E-state index contributed by atoms with van der Waals surface area (Å²) in [5.74, 6) is 1.67. The number of nitrogens with two attached hydrogens (primary N) is 1. The maximum atomic E-state index is 12.9. The van der Waals surface area contributed by atoms with Crippen molar-refractivity contribution in [2.75, 3.05) is 5.32 Å². The molecule has 0 aliphatic carbocycles. The van der Waals surface area contributed by atoms with E-state index in [9.17, 15) is 14.9 Å². The molecule has 0 fully saturated rings. The van der Waals surface area contributed by atoms with Crippen LogP contribution in [0.15, 0.2) is 54.0 Å². The number of carbonyl (C=O) groups excluding carboxylic acids is 1. The fourth-order valence-corrected chi connectivity index (χ4v) is 2.99. The van der Waals surface area contributed by atoms with E-state index in [4.69, 9.17) is 15.2 Å². The number of nitrogens with zero attached hydrogens (tertiary/aromatic N) is 2. The highest BCUT2D eigenvalue weighted by molar-refractivity contribution is 5.69. The minimum absolute atomic E-state index is 0.00531. The number of nitro benzene ring substituents is 1. The Hall–Kier alpha value is -3.75. The molecule has 164 valence electrons. The third-order valence-electron chi connectivity index (χ3n) is 4.50. The molecule has 9 nitrogen and oxygen atoms in total. The van der Waals surface area contributed by atoms with Crippen molar-refractivity contribution in [2.45, 2.75) is 46.4 Å². The first-order chi connectivity index (χ1) is 14.5. The van der Waals surface area contributed by atoms with Crippen LogP contribution in [0.25, 0.3) is 0 Å². The number of nitrogens with one attached hydrogen (secondary N) is 1. The van der Waals surface area contributed by atoms with Gasteiger partial charge < -0.3 is 20.5 Å². The largest absolute Gasteiger partial charge is 0.456 e. The zero-order chi connectivity index (χ0) is 22.8. The van der Waals surface area contributed by atoms with E-state index >= 15 is 0 Å². The van der Waals surface area contributed by atoms with Gasteiger partial charge in [-0.3, -0.25) is 15.0 Å². The molecule has 1 amide bonds. The number of allylic oxidation sites excluding steroid dienone is 1. The topological polar surface area (TPSA) is 120 Å². The van der Waals surface area contributed by atoms with Crippen LogP contribution in [0, 0.1) is 10.1 Å². The van der Waals surface area contributed by atoms with Gasteiger partial charge in [0.25, 0.3) is 5.69 Å². The highest BCUT2D eigenvalue weighted by Crippen LogP contribution is 2.32. The van der Waals surface area contributed by atoms with E-state index in [-0.39, 0.29) is 18.8 Å². The number of non-ortho nitro benzene ring substituents is 1. The highest BCUT2D eigenvalue weighted by Gasteiger charge is 2.24. The van der Waals surface area contributed by atoms with Crippen molar-refractivity contribution < 1.29 is 19.2 Å². The van der Waals surface area contributed by atoms with Crippen molar-refractivity contribution >= 4 is 17.5 Å². The number of rotatable bonds is 5. The van der Waals surface area contributed by atoms with Crippen molar-refractivity contribution in [1.29, 1.82) is 0 Å². The van der Waals surface area contributed by atoms with Crippen molar-refractivity contribution in [1.82, 2.24) is 4.90 Å². The van der Waals surface area contributed by atoms with Crippen molar-refractivity contribution in [2.24, 2.45) is 5.73 Å². The predicted molar refractivity (Wildman–Crippen MR) is 116 cm³/mol. The molecule has 1 aliphatic heterocycles. The number of anilines is 1. The second-order valence-corrected chi connectivity index (χ2v) is 8.29. The summed E-state index contributed by atoms with van der Waals surface area (Å²) < 4.78 is 11.2. The lowest BCUT2D eigenvalue weighted by molar-refractivity contribution is -0.384. The van der Waals surface area contributed by atoms with Gasteiger partial charge in [0, 0.05) is 25.2 Å². The number of carbonyl (C=O) groups is 1. The smallest absolute Gasteiger partial charge is 0.410 e. The number of nitro groups is 1. The molecule has 0 aromatic heterocycles. The first-order valence-electron chi connectivity index (χ1n) is 9.77. The van der Waals surface area contributed by atoms with Gasteiger partial charge in [-0.25, -0.2) is 4.79 Å². The molecular weight excluding hydrogens is 400 g/mol. The average molecular weight is 426 g/mol. The minimum Gasteiger partial charge on any atom is -0.456 e. The van der Waals surface area contributed by atoms with Crippen LogP contribution in [-0.4, -0.2) is 21.5 Å². The summed E-state index contributed by atoms with van der Waals surface area (Å²) in [4.78, 5) is 24.8. The fourth-order valence-electron chi connectivity index (χ4n) is 2.99. The summed E-state index contributed by atoms with van der Waals surface area (Å²) in [7, 11) is 0. The predicted octanol–water partition coefficient (Wildman–Crippen LogP) is 4.48. The van der Waals surface area contributed by atoms with E-state index in [2.05, 4.69) is 5.32 Å². The van der Waals surface area contributed by atoms with Gasteiger partial charge in [-0.2, -0.15) is 0 Å². The van der Waals surface area contributed by atoms with Crippen molar-refractivity contribution in [3.05, 3.63) is 75.3 Å². The molecule has 0 saturated carbocycles. The summed E-state index contributed by atoms with van der Waals surface area (Å²) in [6, 6.07) is 11.6. The summed E-state index contributed by atoms with van der Waals surface area (Å²) in [6.45, 7) is 7.66. The maximum Gasteiger partial charge on any atom is 0.410 e. The lowest BCUT2D eigenvalue weighted by atomic mass is 10.1. The van der Waals surface area contributed by atoms with E-state index < -0.39 is 16.6 Å². The number of hydrogen-bond acceptors (Lipinski definition) is 7. The molecule has 31 heavy (non-hydrogen) atoms. The molecule has 3 rings (SSSR count). The van der Waals surface area contributed by atoms with Crippen LogP contribution in [0.3, 0.4) is 0 Å². The Labute approximate surface area is 180 Å². The molecule has 1 heterocycles. The van der Waals surface area contributed by atoms with Crippen molar-refractivity contribution in [3.63, 3.8) is 0 Å². The number of amides is 1. The molecular formula is C22H26N4O5. The Morgan fingerprint density at radius 3 is 2.39 bits per heavy atom. The van der Waals surface area contributed by atoms with E-state index in [1.54, 1.807) is 44.7 Å². The zero-order valence-electron chi connectivity index (χ0n) is 18.0. The molecule has 9 heteroatoms.